The van der Waals surface area contributed by atoms with E-state index in [2.05, 4.69) is 21.1 Å². The molecule has 0 spiro atoms. The average Bonchev–Trinajstić information content (AvgIpc) is 3.35. The number of nitrogens with zero attached hydrogens (tertiary/aromatic N) is 3. The number of aromatic nitrogens is 2. The zero-order valence-corrected chi connectivity index (χ0v) is 16.7. The van der Waals surface area contributed by atoms with E-state index < -0.39 is 9.84 Å². The molecule has 3 heterocycles. The topological polar surface area (TPSA) is 76.3 Å². The Bertz CT molecular complexity index is 1010. The molecule has 1 fully saturated rings. The van der Waals surface area contributed by atoms with Gasteiger partial charge in [0.15, 0.2) is 15.7 Å². The van der Waals surface area contributed by atoms with E-state index in [0.29, 0.717) is 31.2 Å². The standard InChI is InChI=1S/C19H21N3O3S2/c1-14-4-2-5-15(10-14)19-20-18(21-25-19)12-22(11-17-6-3-8-26-17)16-7-9-27(23,24)13-16/h2-6,8,10,16H,7,9,11-13H2,1H3. The van der Waals surface area contributed by atoms with Crippen LogP contribution >= 0.6 is 11.3 Å². The predicted octanol–water partition coefficient (Wildman–Crippen LogP) is 3.30. The highest BCUT2D eigenvalue weighted by Gasteiger charge is 2.33. The predicted molar refractivity (Wildman–Crippen MR) is 105 cm³/mol. The van der Waals surface area contributed by atoms with Crippen molar-refractivity contribution in [3.8, 4) is 11.5 Å². The second-order valence-electron chi connectivity index (χ2n) is 6.93. The van der Waals surface area contributed by atoms with Gasteiger partial charge in [0.05, 0.1) is 18.1 Å². The van der Waals surface area contributed by atoms with Crippen LogP contribution in [0.2, 0.25) is 0 Å². The highest BCUT2D eigenvalue weighted by molar-refractivity contribution is 7.91. The van der Waals surface area contributed by atoms with Crippen molar-refractivity contribution in [1.82, 2.24) is 15.0 Å². The summed E-state index contributed by atoms with van der Waals surface area (Å²) in [5, 5.41) is 6.16. The second kappa shape index (κ2) is 7.53. The summed E-state index contributed by atoms with van der Waals surface area (Å²) in [5.41, 5.74) is 2.02. The molecule has 0 aliphatic carbocycles. The van der Waals surface area contributed by atoms with Crippen molar-refractivity contribution >= 4 is 21.2 Å². The van der Waals surface area contributed by atoms with Crippen LogP contribution in [0.4, 0.5) is 0 Å². The molecule has 4 rings (SSSR count). The number of hydrogen-bond acceptors (Lipinski definition) is 7. The lowest BCUT2D eigenvalue weighted by molar-refractivity contribution is 0.189. The van der Waals surface area contributed by atoms with Crippen LogP contribution in [-0.2, 0) is 22.9 Å². The molecular formula is C19H21N3O3S2. The van der Waals surface area contributed by atoms with Gasteiger partial charge in [0.1, 0.15) is 0 Å². The van der Waals surface area contributed by atoms with Crippen LogP contribution in [0.5, 0.6) is 0 Å². The molecule has 0 radical (unpaired) electrons. The lowest BCUT2D eigenvalue weighted by Gasteiger charge is -2.26. The summed E-state index contributed by atoms with van der Waals surface area (Å²) in [6.45, 7) is 3.17. The average molecular weight is 404 g/mol. The van der Waals surface area contributed by atoms with Gasteiger partial charge in [-0.2, -0.15) is 4.98 Å². The minimum Gasteiger partial charge on any atom is -0.334 e. The van der Waals surface area contributed by atoms with Crippen molar-refractivity contribution < 1.29 is 12.9 Å². The Morgan fingerprint density at radius 1 is 1.26 bits per heavy atom. The highest BCUT2D eigenvalue weighted by Crippen LogP contribution is 2.24. The molecule has 1 aromatic carbocycles. The minimum atomic E-state index is -2.96. The zero-order chi connectivity index (χ0) is 18.9. The SMILES string of the molecule is Cc1cccc(-c2nc(CN(Cc3cccs3)C3CCS(=O)(=O)C3)no2)c1. The second-order valence-corrected chi connectivity index (χ2v) is 10.2. The van der Waals surface area contributed by atoms with Crippen molar-refractivity contribution in [2.45, 2.75) is 32.5 Å². The van der Waals surface area contributed by atoms with Crippen molar-refractivity contribution in [3.63, 3.8) is 0 Å². The van der Waals surface area contributed by atoms with Crippen LogP contribution in [0.3, 0.4) is 0 Å². The maximum atomic E-state index is 11.9. The summed E-state index contributed by atoms with van der Waals surface area (Å²) in [5.74, 6) is 1.51. The van der Waals surface area contributed by atoms with Gasteiger partial charge in [-0.15, -0.1) is 11.3 Å². The van der Waals surface area contributed by atoms with Gasteiger partial charge in [-0.3, -0.25) is 4.90 Å². The molecule has 0 amide bonds. The maximum Gasteiger partial charge on any atom is 0.257 e. The number of sulfone groups is 1. The third-order valence-corrected chi connectivity index (χ3v) is 7.35. The van der Waals surface area contributed by atoms with Gasteiger partial charge in [-0.05, 0) is 36.9 Å². The lowest BCUT2D eigenvalue weighted by atomic mass is 10.1. The first kappa shape index (κ1) is 18.3. The molecule has 1 aliphatic heterocycles. The Labute approximate surface area is 162 Å². The molecule has 8 heteroatoms. The molecular weight excluding hydrogens is 382 g/mol. The number of hydrogen-bond donors (Lipinski definition) is 0. The van der Waals surface area contributed by atoms with E-state index in [1.807, 2.05) is 42.6 Å². The highest BCUT2D eigenvalue weighted by atomic mass is 32.2. The number of thiophene rings is 1. The first-order valence-corrected chi connectivity index (χ1v) is 11.6. The van der Waals surface area contributed by atoms with Gasteiger partial charge < -0.3 is 4.52 Å². The minimum absolute atomic E-state index is 0.0157. The summed E-state index contributed by atoms with van der Waals surface area (Å²) < 4.78 is 29.3. The first-order valence-electron chi connectivity index (χ1n) is 8.85. The summed E-state index contributed by atoms with van der Waals surface area (Å²) in [4.78, 5) is 7.88. The van der Waals surface area contributed by atoms with E-state index in [-0.39, 0.29) is 17.5 Å². The summed E-state index contributed by atoms with van der Waals surface area (Å²) >= 11 is 1.67. The summed E-state index contributed by atoms with van der Waals surface area (Å²) in [6, 6.07) is 12.0. The molecule has 0 N–H and O–H groups in total. The Kier molecular flexibility index (Phi) is 5.12. The molecule has 0 bridgehead atoms. The van der Waals surface area contributed by atoms with Crippen molar-refractivity contribution in [3.05, 3.63) is 58.0 Å². The van der Waals surface area contributed by atoms with Crippen LogP contribution in [0.25, 0.3) is 11.5 Å². The molecule has 6 nitrogen and oxygen atoms in total. The Hall–Kier alpha value is -2.03. The van der Waals surface area contributed by atoms with Crippen molar-refractivity contribution in [2.75, 3.05) is 11.5 Å². The molecule has 142 valence electrons. The third kappa shape index (κ3) is 4.45. The maximum absolute atomic E-state index is 11.9. The van der Waals surface area contributed by atoms with Crippen molar-refractivity contribution in [1.29, 1.82) is 0 Å². The van der Waals surface area contributed by atoms with E-state index in [1.54, 1.807) is 11.3 Å². The van der Waals surface area contributed by atoms with E-state index in [0.717, 1.165) is 11.1 Å². The molecule has 1 atom stereocenters. The molecule has 0 saturated carbocycles. The molecule has 2 aromatic heterocycles. The molecule has 27 heavy (non-hydrogen) atoms. The van der Waals surface area contributed by atoms with Crippen LogP contribution in [0, 0.1) is 6.92 Å². The van der Waals surface area contributed by atoms with Gasteiger partial charge in [0, 0.05) is 23.0 Å². The fourth-order valence-corrected chi connectivity index (χ4v) is 5.87. The van der Waals surface area contributed by atoms with Gasteiger partial charge in [0.2, 0.25) is 0 Å². The van der Waals surface area contributed by atoms with Crippen LogP contribution in [-0.4, -0.2) is 41.0 Å². The first-order chi connectivity index (χ1) is 13.0. The quantitative estimate of drug-likeness (QED) is 0.629. The Morgan fingerprint density at radius 3 is 2.85 bits per heavy atom. The van der Waals surface area contributed by atoms with E-state index in [1.165, 1.54) is 4.88 Å². The number of aryl methyl sites for hydroxylation is 1. The van der Waals surface area contributed by atoms with E-state index in [4.69, 9.17) is 4.52 Å². The molecule has 1 saturated heterocycles. The lowest BCUT2D eigenvalue weighted by Crippen LogP contribution is -2.35. The third-order valence-electron chi connectivity index (χ3n) is 4.74. The van der Waals surface area contributed by atoms with E-state index in [9.17, 15) is 8.42 Å². The van der Waals surface area contributed by atoms with Gasteiger partial charge in [0.25, 0.3) is 5.89 Å². The molecule has 1 aliphatic rings. The summed E-state index contributed by atoms with van der Waals surface area (Å²) in [6.07, 6.45) is 0.649. The fraction of sp³-hybridized carbons (Fsp3) is 0.368. The monoisotopic (exact) mass is 403 g/mol. The van der Waals surface area contributed by atoms with Crippen LogP contribution < -0.4 is 0 Å². The Morgan fingerprint density at radius 2 is 2.15 bits per heavy atom. The van der Waals surface area contributed by atoms with Gasteiger partial charge in [-0.25, -0.2) is 8.42 Å². The Balaban J connectivity index is 1.54. The fourth-order valence-electron chi connectivity index (χ4n) is 3.38. The molecule has 3 aromatic rings. The molecule has 1 unspecified atom stereocenters. The van der Waals surface area contributed by atoms with E-state index >= 15 is 0 Å². The normalized spacial score (nSPS) is 19.0. The zero-order valence-electron chi connectivity index (χ0n) is 15.0. The van der Waals surface area contributed by atoms with Gasteiger partial charge in [-0.1, -0.05) is 28.9 Å². The number of rotatable bonds is 6. The van der Waals surface area contributed by atoms with Crippen molar-refractivity contribution in [2.24, 2.45) is 0 Å². The summed E-state index contributed by atoms with van der Waals surface area (Å²) in [7, 11) is -2.96. The van der Waals surface area contributed by atoms with Crippen LogP contribution in [0.15, 0.2) is 46.3 Å². The smallest absolute Gasteiger partial charge is 0.257 e. The largest absolute Gasteiger partial charge is 0.334 e. The number of benzene rings is 1. The van der Waals surface area contributed by atoms with Crippen LogP contribution in [0.1, 0.15) is 22.7 Å². The van der Waals surface area contributed by atoms with Gasteiger partial charge >= 0.3 is 0 Å².